The molecule has 0 saturated heterocycles. The van der Waals surface area contributed by atoms with Crippen LogP contribution in [-0.2, 0) is 10.0 Å². The zero-order valence-electron chi connectivity index (χ0n) is 12.6. The lowest BCUT2D eigenvalue weighted by Gasteiger charge is -2.14. The Balaban J connectivity index is 1.70. The fourth-order valence-corrected chi connectivity index (χ4v) is 4.15. The smallest absolute Gasteiger partial charge is 0.261 e. The SMILES string of the molecule is O=S(=O)(Nc1ccc(NC2CCCC2)cc1)c1cccc(Cl)c1. The molecule has 0 amide bonds. The summed E-state index contributed by atoms with van der Waals surface area (Å²) in [5, 5.41) is 3.87. The third kappa shape index (κ3) is 4.18. The molecule has 0 radical (unpaired) electrons. The predicted octanol–water partition coefficient (Wildman–Crippen LogP) is 4.50. The van der Waals surface area contributed by atoms with Crippen molar-refractivity contribution in [2.24, 2.45) is 0 Å². The van der Waals surface area contributed by atoms with Crippen molar-refractivity contribution >= 4 is 33.0 Å². The second-order valence-electron chi connectivity index (χ2n) is 5.77. The molecule has 2 aromatic carbocycles. The average Bonchev–Trinajstić information content (AvgIpc) is 3.02. The van der Waals surface area contributed by atoms with Gasteiger partial charge < -0.3 is 5.32 Å². The Morgan fingerprint density at radius 2 is 1.61 bits per heavy atom. The van der Waals surface area contributed by atoms with Crippen LogP contribution in [0.1, 0.15) is 25.7 Å². The van der Waals surface area contributed by atoms with Crippen molar-refractivity contribution in [3.63, 3.8) is 0 Å². The molecule has 1 aliphatic rings. The molecule has 6 heteroatoms. The van der Waals surface area contributed by atoms with Gasteiger partial charge in [0.2, 0.25) is 0 Å². The van der Waals surface area contributed by atoms with Crippen molar-refractivity contribution in [1.82, 2.24) is 0 Å². The van der Waals surface area contributed by atoms with Gasteiger partial charge in [-0.05, 0) is 55.3 Å². The lowest BCUT2D eigenvalue weighted by atomic mass is 10.2. The molecule has 3 rings (SSSR count). The summed E-state index contributed by atoms with van der Waals surface area (Å²) in [7, 11) is -3.63. The van der Waals surface area contributed by atoms with E-state index in [0.717, 1.165) is 5.69 Å². The van der Waals surface area contributed by atoms with E-state index in [1.807, 2.05) is 12.1 Å². The quantitative estimate of drug-likeness (QED) is 0.834. The average molecular weight is 351 g/mol. The van der Waals surface area contributed by atoms with Crippen molar-refractivity contribution in [2.45, 2.75) is 36.6 Å². The van der Waals surface area contributed by atoms with Crippen molar-refractivity contribution in [3.8, 4) is 0 Å². The lowest BCUT2D eigenvalue weighted by Crippen LogP contribution is -2.15. The minimum absolute atomic E-state index is 0.151. The van der Waals surface area contributed by atoms with Gasteiger partial charge in [-0.2, -0.15) is 0 Å². The summed E-state index contributed by atoms with van der Waals surface area (Å²) in [5.74, 6) is 0. The monoisotopic (exact) mass is 350 g/mol. The number of rotatable bonds is 5. The standard InChI is InChI=1S/C17H19ClN2O2S/c18-13-4-3-7-17(12-13)23(21,22)20-16-10-8-15(9-11-16)19-14-5-1-2-6-14/h3-4,7-12,14,19-20H,1-2,5-6H2. The molecule has 1 saturated carbocycles. The molecule has 0 bridgehead atoms. The van der Waals surface area contributed by atoms with E-state index < -0.39 is 10.0 Å². The Morgan fingerprint density at radius 3 is 2.26 bits per heavy atom. The van der Waals surface area contributed by atoms with Gasteiger partial charge in [0.15, 0.2) is 0 Å². The number of halogens is 1. The van der Waals surface area contributed by atoms with Gasteiger partial charge in [0.05, 0.1) is 4.90 Å². The van der Waals surface area contributed by atoms with Crippen LogP contribution in [-0.4, -0.2) is 14.5 Å². The van der Waals surface area contributed by atoms with Crippen LogP contribution in [0.15, 0.2) is 53.4 Å². The molecule has 1 aliphatic carbocycles. The van der Waals surface area contributed by atoms with Gasteiger partial charge in [0.1, 0.15) is 0 Å². The zero-order chi connectivity index (χ0) is 16.3. The van der Waals surface area contributed by atoms with E-state index in [4.69, 9.17) is 11.6 Å². The number of sulfonamides is 1. The highest BCUT2D eigenvalue weighted by Crippen LogP contribution is 2.24. The van der Waals surface area contributed by atoms with Gasteiger partial charge in [-0.25, -0.2) is 8.42 Å². The van der Waals surface area contributed by atoms with Crippen molar-refractivity contribution in [3.05, 3.63) is 53.6 Å². The molecule has 1 fully saturated rings. The minimum Gasteiger partial charge on any atom is -0.382 e. The van der Waals surface area contributed by atoms with E-state index in [9.17, 15) is 8.42 Å². The Bertz CT molecular complexity index is 769. The van der Waals surface area contributed by atoms with Gasteiger partial charge >= 0.3 is 0 Å². The van der Waals surface area contributed by atoms with E-state index in [1.165, 1.54) is 37.8 Å². The summed E-state index contributed by atoms with van der Waals surface area (Å²) >= 11 is 5.86. The molecule has 0 heterocycles. The van der Waals surface area contributed by atoms with Crippen LogP contribution < -0.4 is 10.0 Å². The highest BCUT2D eigenvalue weighted by molar-refractivity contribution is 7.92. The fourth-order valence-electron chi connectivity index (χ4n) is 2.79. The maximum absolute atomic E-state index is 12.3. The van der Waals surface area contributed by atoms with Crippen LogP contribution in [0.4, 0.5) is 11.4 Å². The molecule has 0 aromatic heterocycles. The lowest BCUT2D eigenvalue weighted by molar-refractivity contribution is 0.601. The van der Waals surface area contributed by atoms with Crippen molar-refractivity contribution < 1.29 is 8.42 Å². The van der Waals surface area contributed by atoms with Crippen molar-refractivity contribution in [1.29, 1.82) is 0 Å². The molecule has 0 unspecified atom stereocenters. The highest BCUT2D eigenvalue weighted by atomic mass is 35.5. The number of nitrogens with one attached hydrogen (secondary N) is 2. The van der Waals surface area contributed by atoms with Gasteiger partial charge in [-0.1, -0.05) is 30.5 Å². The first-order chi connectivity index (χ1) is 11.0. The van der Waals surface area contributed by atoms with Crippen LogP contribution in [0, 0.1) is 0 Å². The molecule has 0 atom stereocenters. The molecule has 4 nitrogen and oxygen atoms in total. The summed E-state index contributed by atoms with van der Waals surface area (Å²) in [4.78, 5) is 0.151. The molecule has 122 valence electrons. The maximum Gasteiger partial charge on any atom is 0.261 e. The first-order valence-electron chi connectivity index (χ1n) is 7.68. The third-order valence-corrected chi connectivity index (χ3v) is 5.58. The van der Waals surface area contributed by atoms with Crippen LogP contribution in [0.5, 0.6) is 0 Å². The summed E-state index contributed by atoms with van der Waals surface area (Å²) in [6.45, 7) is 0. The molecule has 0 aliphatic heterocycles. The predicted molar refractivity (Wildman–Crippen MR) is 94.6 cm³/mol. The second kappa shape index (κ2) is 6.81. The molecule has 0 spiro atoms. The van der Waals surface area contributed by atoms with Gasteiger partial charge in [0, 0.05) is 22.4 Å². The maximum atomic E-state index is 12.3. The normalized spacial score (nSPS) is 15.5. The van der Waals surface area contributed by atoms with Crippen LogP contribution in [0.3, 0.4) is 0 Å². The second-order valence-corrected chi connectivity index (χ2v) is 7.88. The van der Waals surface area contributed by atoms with Crippen LogP contribution in [0.2, 0.25) is 5.02 Å². The van der Waals surface area contributed by atoms with E-state index in [2.05, 4.69) is 10.0 Å². The van der Waals surface area contributed by atoms with Crippen LogP contribution in [0.25, 0.3) is 0 Å². The Morgan fingerprint density at radius 1 is 0.957 bits per heavy atom. The summed E-state index contributed by atoms with van der Waals surface area (Å²) in [6.07, 6.45) is 4.94. The van der Waals surface area contributed by atoms with E-state index in [0.29, 0.717) is 16.8 Å². The molecule has 2 aromatic rings. The molecular weight excluding hydrogens is 332 g/mol. The summed E-state index contributed by atoms with van der Waals surface area (Å²) in [5.41, 5.74) is 1.55. The Labute approximate surface area is 141 Å². The zero-order valence-corrected chi connectivity index (χ0v) is 14.2. The van der Waals surface area contributed by atoms with Crippen LogP contribution >= 0.6 is 11.6 Å². The number of hydrogen-bond donors (Lipinski definition) is 2. The van der Waals surface area contributed by atoms with Gasteiger partial charge in [0.25, 0.3) is 10.0 Å². The van der Waals surface area contributed by atoms with Crippen molar-refractivity contribution in [2.75, 3.05) is 10.0 Å². The topological polar surface area (TPSA) is 58.2 Å². The number of anilines is 2. The molecule has 2 N–H and O–H groups in total. The summed E-state index contributed by atoms with van der Waals surface area (Å²) < 4.78 is 27.2. The molecule has 23 heavy (non-hydrogen) atoms. The first-order valence-corrected chi connectivity index (χ1v) is 9.54. The summed E-state index contributed by atoms with van der Waals surface area (Å²) in [6, 6.07) is 14.1. The fraction of sp³-hybridized carbons (Fsp3) is 0.294. The number of hydrogen-bond acceptors (Lipinski definition) is 3. The van der Waals surface area contributed by atoms with E-state index >= 15 is 0 Å². The largest absolute Gasteiger partial charge is 0.382 e. The van der Waals surface area contributed by atoms with E-state index in [1.54, 1.807) is 24.3 Å². The highest BCUT2D eigenvalue weighted by Gasteiger charge is 2.16. The third-order valence-electron chi connectivity index (χ3n) is 3.97. The minimum atomic E-state index is -3.63. The van der Waals surface area contributed by atoms with E-state index in [-0.39, 0.29) is 4.90 Å². The van der Waals surface area contributed by atoms with Gasteiger partial charge in [-0.15, -0.1) is 0 Å². The Kier molecular flexibility index (Phi) is 4.78. The molecular formula is C17H19ClN2O2S. The first kappa shape index (κ1) is 16.1. The number of benzene rings is 2. The van der Waals surface area contributed by atoms with Gasteiger partial charge in [-0.3, -0.25) is 4.72 Å². The Hall–Kier alpha value is -1.72.